The van der Waals surface area contributed by atoms with Crippen LogP contribution in [0.25, 0.3) is 0 Å². The number of alkyl halides is 1. The normalized spacial score (nSPS) is 26.2. The van der Waals surface area contributed by atoms with Crippen molar-refractivity contribution in [1.82, 2.24) is 0 Å². The molecule has 0 saturated carbocycles. The highest BCUT2D eigenvalue weighted by atomic mass is 35.5. The van der Waals surface area contributed by atoms with E-state index in [0.717, 1.165) is 29.7 Å². The zero-order chi connectivity index (χ0) is 12.6. The third-order valence-electron chi connectivity index (χ3n) is 3.57. The fourth-order valence-electron chi connectivity index (χ4n) is 2.61. The molecule has 0 radical (unpaired) electrons. The maximum absolute atomic E-state index is 13.3. The van der Waals surface area contributed by atoms with E-state index in [1.165, 1.54) is 12.1 Å². The summed E-state index contributed by atoms with van der Waals surface area (Å²) >= 11 is 6.52. The summed E-state index contributed by atoms with van der Waals surface area (Å²) in [7, 11) is 0. The van der Waals surface area contributed by atoms with Crippen molar-refractivity contribution in [2.24, 2.45) is 5.92 Å². The molecule has 1 aliphatic heterocycles. The highest BCUT2D eigenvalue weighted by Gasteiger charge is 2.33. The average molecular weight is 257 g/mol. The Hall–Kier alpha value is -0.600. The Labute approximate surface area is 107 Å². The van der Waals surface area contributed by atoms with Crippen LogP contribution >= 0.6 is 11.6 Å². The minimum Gasteiger partial charge on any atom is -0.376 e. The molecule has 3 unspecified atom stereocenters. The molecule has 1 aliphatic rings. The summed E-state index contributed by atoms with van der Waals surface area (Å²) < 4.78 is 18.9. The average Bonchev–Trinajstić information content (AvgIpc) is 2.62. The van der Waals surface area contributed by atoms with Gasteiger partial charge in [-0.3, -0.25) is 0 Å². The van der Waals surface area contributed by atoms with Gasteiger partial charge in [-0.25, -0.2) is 4.39 Å². The van der Waals surface area contributed by atoms with Gasteiger partial charge in [-0.15, -0.1) is 11.6 Å². The second kappa shape index (κ2) is 4.95. The zero-order valence-corrected chi connectivity index (χ0v) is 11.2. The largest absolute Gasteiger partial charge is 0.376 e. The Balaban J connectivity index is 2.33. The van der Waals surface area contributed by atoms with E-state index < -0.39 is 0 Å². The van der Waals surface area contributed by atoms with Gasteiger partial charge in [0, 0.05) is 6.61 Å². The molecular weight excluding hydrogens is 239 g/mol. The van der Waals surface area contributed by atoms with Gasteiger partial charge < -0.3 is 4.74 Å². The molecule has 94 valence electrons. The Bertz CT molecular complexity index is 396. The van der Waals surface area contributed by atoms with Crippen molar-refractivity contribution in [1.29, 1.82) is 0 Å². The lowest BCUT2D eigenvalue weighted by Crippen LogP contribution is -2.21. The molecule has 1 nitrogen and oxygen atoms in total. The van der Waals surface area contributed by atoms with E-state index in [9.17, 15) is 4.39 Å². The summed E-state index contributed by atoms with van der Waals surface area (Å²) in [5.74, 6) is 0.259. The second-order valence-corrected chi connectivity index (χ2v) is 5.43. The van der Waals surface area contributed by atoms with E-state index in [1.54, 1.807) is 0 Å². The highest BCUT2D eigenvalue weighted by molar-refractivity contribution is 6.21. The first-order valence-electron chi connectivity index (χ1n) is 6.03. The Morgan fingerprint density at radius 1 is 1.35 bits per heavy atom. The van der Waals surface area contributed by atoms with Gasteiger partial charge >= 0.3 is 0 Å². The Kier molecular flexibility index (Phi) is 3.74. The predicted molar refractivity (Wildman–Crippen MR) is 68.0 cm³/mol. The van der Waals surface area contributed by atoms with Crippen molar-refractivity contribution in [3.63, 3.8) is 0 Å². The lowest BCUT2D eigenvalue weighted by Gasteiger charge is -2.24. The Morgan fingerprint density at radius 3 is 2.41 bits per heavy atom. The van der Waals surface area contributed by atoms with Crippen molar-refractivity contribution in [2.75, 3.05) is 6.61 Å². The standard InChI is InChI=1S/C14H18ClFO/c1-8-4-5-17-14(8)13(15)12-9(2)6-11(16)7-10(12)3/h6-8,13-14H,4-5H2,1-3H3. The fraction of sp³-hybridized carbons (Fsp3) is 0.571. The van der Waals surface area contributed by atoms with Crippen molar-refractivity contribution >= 4 is 11.6 Å². The van der Waals surface area contributed by atoms with Crippen LogP contribution < -0.4 is 0 Å². The number of benzene rings is 1. The molecule has 0 spiro atoms. The van der Waals surface area contributed by atoms with Crippen LogP contribution in [0.15, 0.2) is 12.1 Å². The SMILES string of the molecule is Cc1cc(F)cc(C)c1C(Cl)C1OCCC1C. The van der Waals surface area contributed by atoms with Crippen LogP contribution in [-0.2, 0) is 4.74 Å². The molecule has 0 aromatic heterocycles. The molecule has 1 aromatic rings. The molecule has 3 atom stereocenters. The molecule has 1 aromatic carbocycles. The minimum atomic E-state index is -0.201. The Morgan fingerprint density at radius 2 is 1.94 bits per heavy atom. The van der Waals surface area contributed by atoms with Gasteiger partial charge in [0.05, 0.1) is 11.5 Å². The maximum atomic E-state index is 13.3. The summed E-state index contributed by atoms with van der Waals surface area (Å²) in [4.78, 5) is 0. The van der Waals surface area contributed by atoms with Crippen LogP contribution in [0.4, 0.5) is 4.39 Å². The zero-order valence-electron chi connectivity index (χ0n) is 10.5. The van der Waals surface area contributed by atoms with E-state index in [2.05, 4.69) is 6.92 Å². The fourth-order valence-corrected chi connectivity index (χ4v) is 3.28. The third-order valence-corrected chi connectivity index (χ3v) is 4.03. The number of ether oxygens (including phenoxy) is 1. The molecule has 0 amide bonds. The topological polar surface area (TPSA) is 9.23 Å². The number of hydrogen-bond acceptors (Lipinski definition) is 1. The first kappa shape index (κ1) is 12.8. The third kappa shape index (κ3) is 2.48. The molecule has 0 aliphatic carbocycles. The van der Waals surface area contributed by atoms with Crippen molar-refractivity contribution in [2.45, 2.75) is 38.7 Å². The summed E-state index contributed by atoms with van der Waals surface area (Å²) in [5.41, 5.74) is 2.84. The summed E-state index contributed by atoms with van der Waals surface area (Å²) in [6.45, 7) is 6.73. The van der Waals surface area contributed by atoms with Crippen LogP contribution in [0.3, 0.4) is 0 Å². The first-order chi connectivity index (χ1) is 8.00. The molecule has 3 heteroatoms. The van der Waals surface area contributed by atoms with Crippen LogP contribution in [0.5, 0.6) is 0 Å². The number of aryl methyl sites for hydroxylation is 2. The van der Waals surface area contributed by atoms with Gasteiger partial charge in [0.1, 0.15) is 5.82 Å². The highest BCUT2D eigenvalue weighted by Crippen LogP contribution is 2.38. The summed E-state index contributed by atoms with van der Waals surface area (Å²) in [6, 6.07) is 3.08. The molecule has 0 bridgehead atoms. The maximum Gasteiger partial charge on any atom is 0.123 e. The van der Waals surface area contributed by atoms with Gasteiger partial charge in [0.15, 0.2) is 0 Å². The van der Waals surface area contributed by atoms with E-state index in [-0.39, 0.29) is 17.3 Å². The van der Waals surface area contributed by atoms with Crippen molar-refractivity contribution in [3.05, 3.63) is 34.6 Å². The van der Waals surface area contributed by atoms with Gasteiger partial charge in [-0.1, -0.05) is 6.92 Å². The van der Waals surface area contributed by atoms with Crippen LogP contribution in [0.1, 0.15) is 35.4 Å². The number of hydrogen-bond donors (Lipinski definition) is 0. The van der Waals surface area contributed by atoms with Crippen molar-refractivity contribution in [3.8, 4) is 0 Å². The van der Waals surface area contributed by atoms with E-state index in [0.29, 0.717) is 5.92 Å². The molecule has 1 saturated heterocycles. The van der Waals surface area contributed by atoms with Gasteiger partial charge in [0.2, 0.25) is 0 Å². The minimum absolute atomic E-state index is 0.0412. The molecule has 2 rings (SSSR count). The molecule has 0 N–H and O–H groups in total. The smallest absolute Gasteiger partial charge is 0.123 e. The van der Waals surface area contributed by atoms with Gasteiger partial charge in [0.25, 0.3) is 0 Å². The van der Waals surface area contributed by atoms with Gasteiger partial charge in [-0.2, -0.15) is 0 Å². The van der Waals surface area contributed by atoms with E-state index >= 15 is 0 Å². The first-order valence-corrected chi connectivity index (χ1v) is 6.46. The summed E-state index contributed by atoms with van der Waals surface area (Å²) in [6.07, 6.45) is 1.09. The lowest BCUT2D eigenvalue weighted by atomic mass is 9.92. The van der Waals surface area contributed by atoms with E-state index in [1.807, 2.05) is 13.8 Å². The predicted octanol–water partition coefficient (Wildman–Crippen LogP) is 4.15. The second-order valence-electron chi connectivity index (χ2n) is 4.96. The number of rotatable bonds is 2. The monoisotopic (exact) mass is 256 g/mol. The molecule has 17 heavy (non-hydrogen) atoms. The summed E-state index contributed by atoms with van der Waals surface area (Å²) in [5, 5.41) is -0.187. The van der Waals surface area contributed by atoms with Crippen LogP contribution in [0, 0.1) is 25.6 Å². The molecule has 1 fully saturated rings. The molecular formula is C14H18ClFO. The van der Waals surface area contributed by atoms with Crippen molar-refractivity contribution < 1.29 is 9.13 Å². The van der Waals surface area contributed by atoms with Crippen LogP contribution in [-0.4, -0.2) is 12.7 Å². The van der Waals surface area contributed by atoms with E-state index in [4.69, 9.17) is 16.3 Å². The molecule has 1 heterocycles. The number of halogens is 2. The van der Waals surface area contributed by atoms with Crippen LogP contribution in [0.2, 0.25) is 0 Å². The van der Waals surface area contributed by atoms with Gasteiger partial charge in [-0.05, 0) is 55.0 Å². The lowest BCUT2D eigenvalue weighted by molar-refractivity contribution is 0.0900. The quantitative estimate of drug-likeness (QED) is 0.723.